The molecule has 0 radical (unpaired) electrons. The average molecular weight is 261 g/mol. The number of fused-ring (bicyclic) bond motifs is 1. The number of aliphatic hydroxyl groups excluding tert-OH is 1. The third kappa shape index (κ3) is 2.55. The van der Waals surface area contributed by atoms with Crippen LogP contribution in [0.3, 0.4) is 0 Å². The average Bonchev–Trinajstić information content (AvgIpc) is 2.38. The summed E-state index contributed by atoms with van der Waals surface area (Å²) in [5.41, 5.74) is 2.32. The van der Waals surface area contributed by atoms with E-state index in [1.54, 1.807) is 0 Å². The minimum absolute atomic E-state index is 0.102. The van der Waals surface area contributed by atoms with E-state index in [4.69, 9.17) is 4.74 Å². The lowest BCUT2D eigenvalue weighted by atomic mass is 9.84. The molecule has 0 saturated carbocycles. The molecule has 0 bridgehead atoms. The summed E-state index contributed by atoms with van der Waals surface area (Å²) in [4.78, 5) is 2.41. The van der Waals surface area contributed by atoms with Gasteiger partial charge in [-0.2, -0.15) is 0 Å². The van der Waals surface area contributed by atoms with Crippen LogP contribution in [0.1, 0.15) is 37.5 Å². The van der Waals surface area contributed by atoms with E-state index in [0.717, 1.165) is 38.1 Å². The molecule has 1 heterocycles. The molecule has 3 heteroatoms. The minimum Gasteiger partial charge on any atom is -0.387 e. The van der Waals surface area contributed by atoms with Gasteiger partial charge in [0.05, 0.1) is 18.3 Å². The third-order valence-corrected chi connectivity index (χ3v) is 4.37. The van der Waals surface area contributed by atoms with Crippen molar-refractivity contribution in [1.29, 1.82) is 0 Å². The molecule has 0 amide bonds. The molecule has 1 N–H and O–H groups in total. The number of benzene rings is 1. The van der Waals surface area contributed by atoms with Crippen LogP contribution in [0.4, 0.5) is 0 Å². The molecular formula is C16H23NO2. The molecule has 1 aromatic rings. The van der Waals surface area contributed by atoms with Gasteiger partial charge >= 0.3 is 0 Å². The summed E-state index contributed by atoms with van der Waals surface area (Å²) in [6.45, 7) is 6.84. The Morgan fingerprint density at radius 3 is 2.89 bits per heavy atom. The van der Waals surface area contributed by atoms with Crippen molar-refractivity contribution in [2.24, 2.45) is 0 Å². The van der Waals surface area contributed by atoms with E-state index in [9.17, 15) is 5.11 Å². The molecule has 2 atom stereocenters. The molecule has 19 heavy (non-hydrogen) atoms. The monoisotopic (exact) mass is 261 g/mol. The lowest BCUT2D eigenvalue weighted by molar-refractivity contribution is -0.113. The Kier molecular flexibility index (Phi) is 3.37. The highest BCUT2D eigenvalue weighted by Crippen LogP contribution is 2.34. The van der Waals surface area contributed by atoms with Crippen molar-refractivity contribution in [3.8, 4) is 0 Å². The predicted molar refractivity (Wildman–Crippen MR) is 75.1 cm³/mol. The molecule has 3 nitrogen and oxygen atoms in total. The zero-order valence-corrected chi connectivity index (χ0v) is 11.8. The van der Waals surface area contributed by atoms with E-state index in [2.05, 4.69) is 36.9 Å². The Hall–Kier alpha value is -0.900. The standard InChI is InChI=1S/C16H23NO2/c1-16(2)11-17(9-10-19-16)14-8-7-12-5-3-4-6-13(12)15(14)18/h3-6,14-15,18H,7-11H2,1-2H3. The van der Waals surface area contributed by atoms with Crippen LogP contribution in [0.15, 0.2) is 24.3 Å². The molecule has 2 unspecified atom stereocenters. The quantitative estimate of drug-likeness (QED) is 0.841. The number of aliphatic hydroxyl groups is 1. The molecule has 3 rings (SSSR count). The van der Waals surface area contributed by atoms with Crippen molar-refractivity contribution in [3.05, 3.63) is 35.4 Å². The summed E-state index contributed by atoms with van der Waals surface area (Å²) in [7, 11) is 0. The van der Waals surface area contributed by atoms with E-state index >= 15 is 0 Å². The number of morpholine rings is 1. The van der Waals surface area contributed by atoms with Gasteiger partial charge in [-0.15, -0.1) is 0 Å². The second-order valence-corrected chi connectivity index (χ2v) is 6.33. The van der Waals surface area contributed by atoms with Gasteiger partial charge in [-0.1, -0.05) is 24.3 Å². The van der Waals surface area contributed by atoms with Crippen LogP contribution >= 0.6 is 0 Å². The fourth-order valence-electron chi connectivity index (χ4n) is 3.44. The summed E-state index contributed by atoms with van der Waals surface area (Å²) in [6.07, 6.45) is 1.74. The molecule has 1 aromatic carbocycles. The van der Waals surface area contributed by atoms with Gasteiger partial charge in [0.2, 0.25) is 0 Å². The maximum atomic E-state index is 10.7. The van der Waals surface area contributed by atoms with E-state index in [1.165, 1.54) is 5.56 Å². The van der Waals surface area contributed by atoms with Crippen LogP contribution in [0.5, 0.6) is 0 Å². The fourth-order valence-corrected chi connectivity index (χ4v) is 3.44. The maximum Gasteiger partial charge on any atom is 0.0947 e. The normalized spacial score (nSPS) is 30.9. The first-order valence-electron chi connectivity index (χ1n) is 7.21. The summed E-state index contributed by atoms with van der Waals surface area (Å²) < 4.78 is 5.77. The lowest BCUT2D eigenvalue weighted by Crippen LogP contribution is -2.54. The van der Waals surface area contributed by atoms with Gasteiger partial charge in [0.15, 0.2) is 0 Å². The van der Waals surface area contributed by atoms with Gasteiger partial charge < -0.3 is 9.84 Å². The zero-order chi connectivity index (χ0) is 13.5. The summed E-state index contributed by atoms with van der Waals surface area (Å²) in [5, 5.41) is 10.7. The van der Waals surface area contributed by atoms with Crippen molar-refractivity contribution < 1.29 is 9.84 Å². The SMILES string of the molecule is CC1(C)CN(C2CCc3ccccc3C2O)CCO1. The van der Waals surface area contributed by atoms with Gasteiger partial charge in [0.25, 0.3) is 0 Å². The molecule has 104 valence electrons. The minimum atomic E-state index is -0.362. The Bertz CT molecular complexity index is 458. The van der Waals surface area contributed by atoms with Gasteiger partial charge in [-0.05, 0) is 37.8 Å². The van der Waals surface area contributed by atoms with Crippen molar-refractivity contribution in [2.45, 2.75) is 44.4 Å². The molecule has 1 fully saturated rings. The zero-order valence-electron chi connectivity index (χ0n) is 11.8. The third-order valence-electron chi connectivity index (χ3n) is 4.37. The Morgan fingerprint density at radius 1 is 1.32 bits per heavy atom. The van der Waals surface area contributed by atoms with Crippen LogP contribution in [-0.2, 0) is 11.2 Å². The van der Waals surface area contributed by atoms with Gasteiger partial charge in [0.1, 0.15) is 0 Å². The van der Waals surface area contributed by atoms with Crippen molar-refractivity contribution in [2.75, 3.05) is 19.7 Å². The molecule has 0 aromatic heterocycles. The highest BCUT2D eigenvalue weighted by Gasteiger charge is 2.37. The molecule has 1 aliphatic carbocycles. The molecule has 0 spiro atoms. The first kappa shape index (κ1) is 13.1. The van der Waals surface area contributed by atoms with E-state index in [0.29, 0.717) is 0 Å². The Labute approximate surface area is 115 Å². The van der Waals surface area contributed by atoms with Crippen LogP contribution in [-0.4, -0.2) is 41.3 Å². The van der Waals surface area contributed by atoms with Crippen LogP contribution in [0.2, 0.25) is 0 Å². The number of ether oxygens (including phenoxy) is 1. The topological polar surface area (TPSA) is 32.7 Å². The summed E-state index contributed by atoms with van der Waals surface area (Å²) >= 11 is 0. The first-order chi connectivity index (χ1) is 9.07. The van der Waals surface area contributed by atoms with Crippen molar-refractivity contribution >= 4 is 0 Å². The molecular weight excluding hydrogens is 238 g/mol. The lowest BCUT2D eigenvalue weighted by Gasteiger charge is -2.45. The maximum absolute atomic E-state index is 10.7. The van der Waals surface area contributed by atoms with Crippen molar-refractivity contribution in [3.63, 3.8) is 0 Å². The van der Waals surface area contributed by atoms with Gasteiger partial charge in [-0.25, -0.2) is 0 Å². The first-order valence-corrected chi connectivity index (χ1v) is 7.21. The fraction of sp³-hybridized carbons (Fsp3) is 0.625. The number of aryl methyl sites for hydroxylation is 1. The molecule has 1 saturated heterocycles. The Morgan fingerprint density at radius 2 is 2.11 bits per heavy atom. The number of hydrogen-bond acceptors (Lipinski definition) is 3. The van der Waals surface area contributed by atoms with E-state index in [1.807, 2.05) is 6.07 Å². The molecule has 1 aliphatic heterocycles. The summed E-state index contributed by atoms with van der Waals surface area (Å²) in [6, 6.07) is 8.52. The second kappa shape index (κ2) is 4.89. The highest BCUT2D eigenvalue weighted by molar-refractivity contribution is 5.32. The number of hydrogen-bond donors (Lipinski definition) is 1. The van der Waals surface area contributed by atoms with Gasteiger partial charge in [-0.3, -0.25) is 4.90 Å². The van der Waals surface area contributed by atoms with Crippen LogP contribution < -0.4 is 0 Å². The second-order valence-electron chi connectivity index (χ2n) is 6.33. The van der Waals surface area contributed by atoms with E-state index in [-0.39, 0.29) is 17.7 Å². The summed E-state index contributed by atoms with van der Waals surface area (Å²) in [5.74, 6) is 0. The number of rotatable bonds is 1. The number of nitrogens with zero attached hydrogens (tertiary/aromatic N) is 1. The molecule has 2 aliphatic rings. The van der Waals surface area contributed by atoms with Crippen LogP contribution in [0.25, 0.3) is 0 Å². The van der Waals surface area contributed by atoms with Gasteiger partial charge in [0, 0.05) is 19.1 Å². The largest absolute Gasteiger partial charge is 0.387 e. The predicted octanol–water partition coefficient (Wildman–Crippen LogP) is 2.15. The smallest absolute Gasteiger partial charge is 0.0947 e. The Balaban J connectivity index is 1.80. The van der Waals surface area contributed by atoms with E-state index < -0.39 is 0 Å². The highest BCUT2D eigenvalue weighted by atomic mass is 16.5. The van der Waals surface area contributed by atoms with Crippen LogP contribution in [0, 0.1) is 0 Å². The van der Waals surface area contributed by atoms with Crippen molar-refractivity contribution in [1.82, 2.24) is 4.90 Å².